The van der Waals surface area contributed by atoms with E-state index in [0.29, 0.717) is 6.54 Å². The summed E-state index contributed by atoms with van der Waals surface area (Å²) in [4.78, 5) is 3.90. The van der Waals surface area contributed by atoms with E-state index >= 15 is 0 Å². The van der Waals surface area contributed by atoms with E-state index in [1.54, 1.807) is 23.5 Å². The van der Waals surface area contributed by atoms with Crippen molar-refractivity contribution in [3.05, 3.63) is 29.6 Å². The Bertz CT molecular complexity index is 434. The standard InChI is InChI=1S/C13H17F3N2S2/c1-2-18-12(11-8-19-5-6-20-11)9-7-17-4-3-10(9)13(14,15)16/h3-4,7,11-12,18H,2,5-6,8H2,1H3. The monoisotopic (exact) mass is 322 g/mol. The van der Waals surface area contributed by atoms with E-state index in [-0.39, 0.29) is 16.9 Å². The molecule has 2 unspecified atom stereocenters. The van der Waals surface area contributed by atoms with Gasteiger partial charge in [-0.15, -0.1) is 0 Å². The second kappa shape index (κ2) is 7.04. The smallest absolute Gasteiger partial charge is 0.309 e. The van der Waals surface area contributed by atoms with Gasteiger partial charge in [-0.05, 0) is 12.6 Å². The number of nitrogens with zero attached hydrogens (tertiary/aromatic N) is 1. The van der Waals surface area contributed by atoms with E-state index in [1.807, 2.05) is 6.92 Å². The van der Waals surface area contributed by atoms with Crippen molar-refractivity contribution in [3.63, 3.8) is 0 Å². The molecule has 0 amide bonds. The highest BCUT2D eigenvalue weighted by atomic mass is 32.2. The number of halogens is 3. The molecular weight excluding hydrogens is 305 g/mol. The lowest BCUT2D eigenvalue weighted by atomic mass is 10.00. The van der Waals surface area contributed by atoms with Gasteiger partial charge in [0.1, 0.15) is 0 Å². The SMILES string of the molecule is CCNC(c1cnccc1C(F)(F)F)C1CSCCS1. The molecule has 0 bridgehead atoms. The van der Waals surface area contributed by atoms with Crippen LogP contribution in [0, 0.1) is 0 Å². The summed E-state index contributed by atoms with van der Waals surface area (Å²) < 4.78 is 39.4. The average Bonchev–Trinajstić information content (AvgIpc) is 2.45. The highest BCUT2D eigenvalue weighted by Gasteiger charge is 2.37. The number of aromatic nitrogens is 1. The fraction of sp³-hybridized carbons (Fsp3) is 0.615. The van der Waals surface area contributed by atoms with Crippen molar-refractivity contribution < 1.29 is 13.2 Å². The molecule has 0 radical (unpaired) electrons. The first-order chi connectivity index (χ1) is 9.54. The Morgan fingerprint density at radius 3 is 2.85 bits per heavy atom. The van der Waals surface area contributed by atoms with Crippen molar-refractivity contribution in [1.29, 1.82) is 0 Å². The minimum atomic E-state index is -4.33. The first kappa shape index (κ1) is 16.0. The summed E-state index contributed by atoms with van der Waals surface area (Å²) in [5.74, 6) is 2.92. The second-order valence-electron chi connectivity index (χ2n) is 4.48. The fourth-order valence-electron chi connectivity index (χ4n) is 2.27. The van der Waals surface area contributed by atoms with Gasteiger partial charge in [0.2, 0.25) is 0 Å². The van der Waals surface area contributed by atoms with Crippen molar-refractivity contribution in [2.75, 3.05) is 23.8 Å². The summed E-state index contributed by atoms with van der Waals surface area (Å²) in [5, 5.41) is 3.36. The normalized spacial score (nSPS) is 21.7. The van der Waals surface area contributed by atoms with Gasteiger partial charge in [0.15, 0.2) is 0 Å². The minimum Gasteiger partial charge on any atom is -0.309 e. The van der Waals surface area contributed by atoms with Crippen LogP contribution in [0.5, 0.6) is 0 Å². The first-order valence-corrected chi connectivity index (χ1v) is 8.68. The third-order valence-corrected chi connectivity index (χ3v) is 5.99. The summed E-state index contributed by atoms with van der Waals surface area (Å²) >= 11 is 3.55. The predicted molar refractivity (Wildman–Crippen MR) is 79.2 cm³/mol. The lowest BCUT2D eigenvalue weighted by Gasteiger charge is -2.31. The molecule has 112 valence electrons. The van der Waals surface area contributed by atoms with Gasteiger partial charge < -0.3 is 5.32 Å². The molecule has 1 N–H and O–H groups in total. The van der Waals surface area contributed by atoms with Gasteiger partial charge in [0.25, 0.3) is 0 Å². The molecule has 1 saturated heterocycles. The van der Waals surface area contributed by atoms with Crippen LogP contribution in [0.1, 0.15) is 24.1 Å². The Kier molecular flexibility index (Phi) is 5.63. The number of hydrogen-bond donors (Lipinski definition) is 1. The third kappa shape index (κ3) is 3.83. The van der Waals surface area contributed by atoms with Crippen LogP contribution in [0.15, 0.2) is 18.5 Å². The molecule has 2 heterocycles. The number of rotatable bonds is 4. The summed E-state index contributed by atoms with van der Waals surface area (Å²) in [7, 11) is 0. The molecule has 1 fully saturated rings. The van der Waals surface area contributed by atoms with E-state index in [4.69, 9.17) is 0 Å². The van der Waals surface area contributed by atoms with Crippen molar-refractivity contribution in [2.24, 2.45) is 0 Å². The van der Waals surface area contributed by atoms with Gasteiger partial charge in [-0.25, -0.2) is 0 Å². The number of alkyl halides is 3. The van der Waals surface area contributed by atoms with E-state index in [9.17, 15) is 13.2 Å². The van der Waals surface area contributed by atoms with E-state index in [1.165, 1.54) is 12.4 Å². The molecule has 2 nitrogen and oxygen atoms in total. The van der Waals surface area contributed by atoms with Crippen LogP contribution in [0.3, 0.4) is 0 Å². The summed E-state index contributed by atoms with van der Waals surface area (Å²) in [6.45, 7) is 2.55. The van der Waals surface area contributed by atoms with Crippen molar-refractivity contribution in [1.82, 2.24) is 10.3 Å². The van der Waals surface area contributed by atoms with Crippen LogP contribution >= 0.6 is 23.5 Å². The Morgan fingerprint density at radius 1 is 1.45 bits per heavy atom. The predicted octanol–water partition coefficient (Wildman–Crippen LogP) is 3.60. The largest absolute Gasteiger partial charge is 0.416 e. The van der Waals surface area contributed by atoms with Crippen molar-refractivity contribution in [3.8, 4) is 0 Å². The Labute approximate surface area is 125 Å². The van der Waals surface area contributed by atoms with Crippen LogP contribution in [0.2, 0.25) is 0 Å². The Morgan fingerprint density at radius 2 is 2.25 bits per heavy atom. The van der Waals surface area contributed by atoms with Gasteiger partial charge in [-0.3, -0.25) is 4.98 Å². The van der Waals surface area contributed by atoms with E-state index in [0.717, 1.165) is 23.3 Å². The number of thioether (sulfide) groups is 2. The molecule has 0 aliphatic carbocycles. The quantitative estimate of drug-likeness (QED) is 0.915. The van der Waals surface area contributed by atoms with Gasteiger partial charge in [-0.2, -0.15) is 36.7 Å². The van der Waals surface area contributed by atoms with Crippen molar-refractivity contribution in [2.45, 2.75) is 24.4 Å². The number of nitrogens with one attached hydrogen (secondary N) is 1. The van der Waals surface area contributed by atoms with Crippen LogP contribution in [0.25, 0.3) is 0 Å². The number of pyridine rings is 1. The molecule has 1 aromatic heterocycles. The van der Waals surface area contributed by atoms with Crippen LogP contribution < -0.4 is 5.32 Å². The highest BCUT2D eigenvalue weighted by molar-refractivity contribution is 8.06. The average molecular weight is 322 g/mol. The van der Waals surface area contributed by atoms with E-state index in [2.05, 4.69) is 10.3 Å². The molecule has 0 spiro atoms. The van der Waals surface area contributed by atoms with Crippen LogP contribution in [-0.4, -0.2) is 34.0 Å². The minimum absolute atomic E-state index is 0.152. The molecule has 20 heavy (non-hydrogen) atoms. The summed E-state index contributed by atoms with van der Waals surface area (Å²) in [5.41, 5.74) is -0.309. The van der Waals surface area contributed by atoms with Gasteiger partial charge in [0.05, 0.1) is 5.56 Å². The van der Waals surface area contributed by atoms with Crippen molar-refractivity contribution >= 4 is 23.5 Å². The second-order valence-corrected chi connectivity index (χ2v) is 6.98. The van der Waals surface area contributed by atoms with Gasteiger partial charge in [-0.1, -0.05) is 6.92 Å². The van der Waals surface area contributed by atoms with Gasteiger partial charge in [0, 0.05) is 46.5 Å². The van der Waals surface area contributed by atoms with E-state index < -0.39 is 11.7 Å². The third-order valence-electron chi connectivity index (χ3n) is 3.13. The molecule has 2 atom stereocenters. The Hall–Kier alpha value is -0.400. The maximum Gasteiger partial charge on any atom is 0.416 e. The fourth-order valence-corrected chi connectivity index (χ4v) is 5.13. The maximum absolute atomic E-state index is 13.1. The highest BCUT2D eigenvalue weighted by Crippen LogP contribution is 2.39. The van der Waals surface area contributed by atoms with Crippen LogP contribution in [0.4, 0.5) is 13.2 Å². The lowest BCUT2D eigenvalue weighted by Crippen LogP contribution is -2.35. The topological polar surface area (TPSA) is 24.9 Å². The molecule has 1 aromatic rings. The molecule has 0 saturated carbocycles. The summed E-state index contributed by atoms with van der Waals surface area (Å²) in [6, 6.07) is 0.767. The molecule has 0 aromatic carbocycles. The van der Waals surface area contributed by atoms with Gasteiger partial charge >= 0.3 is 6.18 Å². The van der Waals surface area contributed by atoms with Crippen LogP contribution in [-0.2, 0) is 6.18 Å². The first-order valence-electron chi connectivity index (χ1n) is 6.48. The molecular formula is C13H17F3N2S2. The zero-order chi connectivity index (χ0) is 14.6. The summed E-state index contributed by atoms with van der Waals surface area (Å²) in [6.07, 6.45) is -1.77. The molecule has 1 aliphatic heterocycles. The lowest BCUT2D eigenvalue weighted by molar-refractivity contribution is -0.138. The maximum atomic E-state index is 13.1. The molecule has 7 heteroatoms. The molecule has 2 rings (SSSR count). The molecule has 1 aliphatic rings. The number of hydrogen-bond acceptors (Lipinski definition) is 4. The zero-order valence-electron chi connectivity index (χ0n) is 11.1. The zero-order valence-corrected chi connectivity index (χ0v) is 12.7. The Balaban J connectivity index is 2.33.